The maximum absolute atomic E-state index is 11.1. The van der Waals surface area contributed by atoms with E-state index < -0.39 is 5.97 Å². The van der Waals surface area contributed by atoms with Gasteiger partial charge in [0.1, 0.15) is 12.4 Å². The molecule has 1 rings (SSSR count). The standard InChI is InChI=1S/C9H10N2O3/c1-7(12)11(6-9(13)14)8-4-2-3-5-10-8/h2-5H,6H2,1H3,(H,13,14). The summed E-state index contributed by atoms with van der Waals surface area (Å²) in [5.41, 5.74) is 0. The number of rotatable bonds is 3. The molecule has 0 bridgehead atoms. The van der Waals surface area contributed by atoms with Crippen LogP contribution in [0.3, 0.4) is 0 Å². The van der Waals surface area contributed by atoms with Gasteiger partial charge in [0.05, 0.1) is 0 Å². The number of carboxylic acid groups (broad SMARTS) is 1. The van der Waals surface area contributed by atoms with E-state index in [1.807, 2.05) is 0 Å². The minimum atomic E-state index is -1.06. The second-order valence-corrected chi connectivity index (χ2v) is 2.69. The molecule has 0 radical (unpaired) electrons. The quantitative estimate of drug-likeness (QED) is 0.761. The van der Waals surface area contributed by atoms with E-state index in [9.17, 15) is 9.59 Å². The van der Waals surface area contributed by atoms with Crippen molar-refractivity contribution in [1.82, 2.24) is 4.98 Å². The molecular weight excluding hydrogens is 184 g/mol. The average molecular weight is 194 g/mol. The molecule has 5 nitrogen and oxygen atoms in total. The van der Waals surface area contributed by atoms with Crippen molar-refractivity contribution >= 4 is 17.7 Å². The van der Waals surface area contributed by atoms with E-state index in [1.54, 1.807) is 18.2 Å². The van der Waals surface area contributed by atoms with Gasteiger partial charge in [0.15, 0.2) is 0 Å². The summed E-state index contributed by atoms with van der Waals surface area (Å²) in [7, 11) is 0. The van der Waals surface area contributed by atoms with Crippen LogP contribution >= 0.6 is 0 Å². The van der Waals surface area contributed by atoms with Gasteiger partial charge in [-0.05, 0) is 12.1 Å². The third kappa shape index (κ3) is 2.55. The molecule has 0 unspecified atom stereocenters. The van der Waals surface area contributed by atoms with Crippen LogP contribution in [0.25, 0.3) is 0 Å². The van der Waals surface area contributed by atoms with Crippen LogP contribution in [0, 0.1) is 0 Å². The molecule has 0 aliphatic heterocycles. The van der Waals surface area contributed by atoms with Crippen LogP contribution in [0.2, 0.25) is 0 Å². The Morgan fingerprint density at radius 1 is 1.50 bits per heavy atom. The zero-order valence-corrected chi connectivity index (χ0v) is 7.67. The van der Waals surface area contributed by atoms with Crippen LogP contribution in [0.5, 0.6) is 0 Å². The first-order valence-electron chi connectivity index (χ1n) is 4.02. The monoisotopic (exact) mass is 194 g/mol. The van der Waals surface area contributed by atoms with Crippen LogP contribution in [0.15, 0.2) is 24.4 Å². The molecule has 0 aliphatic rings. The fourth-order valence-corrected chi connectivity index (χ4v) is 1.00. The summed E-state index contributed by atoms with van der Waals surface area (Å²) in [4.78, 5) is 26.6. The van der Waals surface area contributed by atoms with E-state index in [1.165, 1.54) is 13.1 Å². The second-order valence-electron chi connectivity index (χ2n) is 2.69. The number of hydrogen-bond acceptors (Lipinski definition) is 3. The Hall–Kier alpha value is -1.91. The molecule has 0 atom stereocenters. The Balaban J connectivity index is 2.89. The number of amides is 1. The van der Waals surface area contributed by atoms with E-state index in [0.29, 0.717) is 5.82 Å². The lowest BCUT2D eigenvalue weighted by atomic mass is 10.4. The highest BCUT2D eigenvalue weighted by molar-refractivity contribution is 5.94. The summed E-state index contributed by atoms with van der Waals surface area (Å²) < 4.78 is 0. The topological polar surface area (TPSA) is 70.5 Å². The Morgan fingerprint density at radius 3 is 2.64 bits per heavy atom. The Morgan fingerprint density at radius 2 is 2.21 bits per heavy atom. The lowest BCUT2D eigenvalue weighted by Gasteiger charge is -2.16. The first-order chi connectivity index (χ1) is 6.61. The maximum Gasteiger partial charge on any atom is 0.323 e. The number of nitrogens with zero attached hydrogens (tertiary/aromatic N) is 2. The fourth-order valence-electron chi connectivity index (χ4n) is 1.00. The van der Waals surface area contributed by atoms with Crippen molar-refractivity contribution in [2.24, 2.45) is 0 Å². The minimum Gasteiger partial charge on any atom is -0.480 e. The van der Waals surface area contributed by atoms with Gasteiger partial charge in [-0.25, -0.2) is 4.98 Å². The van der Waals surface area contributed by atoms with Crippen LogP contribution in [-0.4, -0.2) is 28.5 Å². The average Bonchev–Trinajstić information content (AvgIpc) is 2.15. The van der Waals surface area contributed by atoms with Crippen molar-refractivity contribution in [1.29, 1.82) is 0 Å². The van der Waals surface area contributed by atoms with Gasteiger partial charge in [0, 0.05) is 13.1 Å². The van der Waals surface area contributed by atoms with Crippen molar-refractivity contribution in [3.8, 4) is 0 Å². The van der Waals surface area contributed by atoms with Crippen LogP contribution in [0.4, 0.5) is 5.82 Å². The summed E-state index contributed by atoms with van der Waals surface area (Å²) in [6.07, 6.45) is 1.51. The predicted octanol–water partition coefficient (Wildman–Crippen LogP) is 0.519. The van der Waals surface area contributed by atoms with Gasteiger partial charge >= 0.3 is 5.97 Å². The molecular formula is C9H10N2O3. The van der Waals surface area contributed by atoms with E-state index in [4.69, 9.17) is 5.11 Å². The molecule has 0 aromatic carbocycles. The summed E-state index contributed by atoms with van der Waals surface area (Å²) in [6.45, 7) is 0.934. The summed E-state index contributed by atoms with van der Waals surface area (Å²) in [5, 5.41) is 8.57. The molecule has 1 aromatic rings. The number of aromatic nitrogens is 1. The molecule has 0 saturated heterocycles. The lowest BCUT2D eigenvalue weighted by molar-refractivity contribution is -0.136. The molecule has 1 N–H and O–H groups in total. The largest absolute Gasteiger partial charge is 0.480 e. The number of carboxylic acids is 1. The maximum atomic E-state index is 11.1. The van der Waals surface area contributed by atoms with Gasteiger partial charge in [-0.1, -0.05) is 6.07 Å². The van der Waals surface area contributed by atoms with E-state index >= 15 is 0 Å². The Bertz CT molecular complexity index is 337. The molecule has 5 heteroatoms. The summed E-state index contributed by atoms with van der Waals surface area (Å²) in [5.74, 6) is -1.06. The van der Waals surface area contributed by atoms with Gasteiger partial charge in [-0.15, -0.1) is 0 Å². The van der Waals surface area contributed by atoms with Crippen LogP contribution in [0.1, 0.15) is 6.92 Å². The van der Waals surface area contributed by atoms with E-state index in [-0.39, 0.29) is 12.5 Å². The normalized spacial score (nSPS) is 9.50. The molecule has 0 saturated carbocycles. The minimum absolute atomic E-state index is 0.342. The van der Waals surface area contributed by atoms with Crippen molar-refractivity contribution in [2.75, 3.05) is 11.4 Å². The van der Waals surface area contributed by atoms with Crippen molar-refractivity contribution in [3.63, 3.8) is 0 Å². The predicted molar refractivity (Wildman–Crippen MR) is 49.9 cm³/mol. The third-order valence-electron chi connectivity index (χ3n) is 1.60. The zero-order chi connectivity index (χ0) is 10.6. The van der Waals surface area contributed by atoms with Crippen molar-refractivity contribution in [3.05, 3.63) is 24.4 Å². The lowest BCUT2D eigenvalue weighted by Crippen LogP contribution is -2.34. The second kappa shape index (κ2) is 4.36. The number of pyridine rings is 1. The van der Waals surface area contributed by atoms with Gasteiger partial charge in [0.2, 0.25) is 5.91 Å². The van der Waals surface area contributed by atoms with Crippen LogP contribution in [-0.2, 0) is 9.59 Å². The highest BCUT2D eigenvalue weighted by atomic mass is 16.4. The summed E-state index contributed by atoms with van der Waals surface area (Å²) in [6, 6.07) is 4.98. The van der Waals surface area contributed by atoms with Gasteiger partial charge < -0.3 is 5.11 Å². The third-order valence-corrected chi connectivity index (χ3v) is 1.60. The molecule has 74 valence electrons. The van der Waals surface area contributed by atoms with E-state index in [2.05, 4.69) is 4.98 Å². The highest BCUT2D eigenvalue weighted by Gasteiger charge is 2.15. The van der Waals surface area contributed by atoms with Gasteiger partial charge in [-0.3, -0.25) is 14.5 Å². The smallest absolute Gasteiger partial charge is 0.323 e. The van der Waals surface area contributed by atoms with Crippen molar-refractivity contribution in [2.45, 2.75) is 6.92 Å². The molecule has 0 spiro atoms. The SMILES string of the molecule is CC(=O)N(CC(=O)O)c1ccccn1. The summed E-state index contributed by atoms with van der Waals surface area (Å²) >= 11 is 0. The fraction of sp³-hybridized carbons (Fsp3) is 0.222. The highest BCUT2D eigenvalue weighted by Crippen LogP contribution is 2.08. The number of carbonyl (C=O) groups excluding carboxylic acids is 1. The van der Waals surface area contributed by atoms with Gasteiger partial charge in [0.25, 0.3) is 0 Å². The van der Waals surface area contributed by atoms with Crippen molar-refractivity contribution < 1.29 is 14.7 Å². The number of anilines is 1. The molecule has 0 aliphatic carbocycles. The first-order valence-corrected chi connectivity index (χ1v) is 4.02. The number of hydrogen-bond donors (Lipinski definition) is 1. The van der Waals surface area contributed by atoms with E-state index in [0.717, 1.165) is 4.90 Å². The zero-order valence-electron chi connectivity index (χ0n) is 7.67. The molecule has 1 amide bonds. The molecule has 1 aromatic heterocycles. The first kappa shape index (κ1) is 10.2. The van der Waals surface area contributed by atoms with Gasteiger partial charge in [-0.2, -0.15) is 0 Å². The molecule has 14 heavy (non-hydrogen) atoms. The van der Waals surface area contributed by atoms with Crippen LogP contribution < -0.4 is 4.90 Å². The Labute approximate surface area is 81.0 Å². The molecule has 1 heterocycles. The molecule has 0 fully saturated rings. The number of carbonyl (C=O) groups is 2. The Kier molecular flexibility index (Phi) is 3.17. The number of aliphatic carboxylic acids is 1.